The minimum absolute atomic E-state index is 0.413. The molecule has 0 saturated heterocycles. The van der Waals surface area contributed by atoms with E-state index in [1.165, 1.54) is 6.08 Å². The van der Waals surface area contributed by atoms with Gasteiger partial charge in [-0.05, 0) is 17.7 Å². The summed E-state index contributed by atoms with van der Waals surface area (Å²) in [6.07, 6.45) is 2.64. The molecule has 3 aromatic rings. The fourth-order valence-corrected chi connectivity index (χ4v) is 2.40. The van der Waals surface area contributed by atoms with Gasteiger partial charge in [0.05, 0.1) is 0 Å². The van der Waals surface area contributed by atoms with Crippen molar-refractivity contribution in [3.8, 4) is 11.3 Å². The highest BCUT2D eigenvalue weighted by Crippen LogP contribution is 2.28. The van der Waals surface area contributed by atoms with E-state index in [1.54, 1.807) is 0 Å². The zero-order valence-corrected chi connectivity index (χ0v) is 13.0. The molecule has 0 spiro atoms. The van der Waals surface area contributed by atoms with Crippen LogP contribution in [-0.4, -0.2) is 17.6 Å². The first-order chi connectivity index (χ1) is 11.6. The number of para-hydroxylation sites is 1. The molecule has 1 heterocycles. The molecule has 4 heteroatoms. The number of carboxylic acid groups (broad SMARTS) is 1. The highest BCUT2D eigenvalue weighted by atomic mass is 16.4. The van der Waals surface area contributed by atoms with Gasteiger partial charge in [0.2, 0.25) is 0 Å². The second-order valence-electron chi connectivity index (χ2n) is 5.33. The van der Waals surface area contributed by atoms with Gasteiger partial charge in [0.1, 0.15) is 11.3 Å². The van der Waals surface area contributed by atoms with E-state index >= 15 is 0 Å². The molecule has 2 aromatic carbocycles. The molecule has 24 heavy (non-hydrogen) atoms. The van der Waals surface area contributed by atoms with Gasteiger partial charge in [-0.3, -0.25) is 0 Å². The van der Waals surface area contributed by atoms with E-state index in [0.717, 1.165) is 39.6 Å². The molecule has 2 N–H and O–H groups in total. The van der Waals surface area contributed by atoms with E-state index in [2.05, 4.69) is 11.9 Å². The largest absolute Gasteiger partial charge is 0.478 e. The van der Waals surface area contributed by atoms with Gasteiger partial charge in [0.25, 0.3) is 0 Å². The number of aliphatic carboxylic acids is 1. The summed E-state index contributed by atoms with van der Waals surface area (Å²) in [7, 11) is 0. The van der Waals surface area contributed by atoms with Crippen LogP contribution in [-0.2, 0) is 4.79 Å². The molecule has 0 radical (unpaired) electrons. The van der Waals surface area contributed by atoms with Crippen LogP contribution in [0.2, 0.25) is 0 Å². The van der Waals surface area contributed by atoms with Gasteiger partial charge in [0.15, 0.2) is 0 Å². The summed E-state index contributed by atoms with van der Waals surface area (Å²) in [5.74, 6) is -0.136. The number of hydrogen-bond donors (Lipinski definition) is 2. The summed E-state index contributed by atoms with van der Waals surface area (Å²) in [4.78, 5) is 10.4. The van der Waals surface area contributed by atoms with Crippen LogP contribution < -0.4 is 5.32 Å². The van der Waals surface area contributed by atoms with Crippen LogP contribution in [0.3, 0.4) is 0 Å². The number of carbonyl (C=O) groups is 1. The van der Waals surface area contributed by atoms with Crippen LogP contribution in [0.5, 0.6) is 0 Å². The fraction of sp³-hybridized carbons (Fsp3) is 0.0500. The molecule has 1 aromatic heterocycles. The molecule has 0 aliphatic rings. The number of benzene rings is 2. The van der Waals surface area contributed by atoms with Crippen LogP contribution >= 0.6 is 0 Å². The molecule has 0 bridgehead atoms. The Balaban J connectivity index is 1.70. The second-order valence-corrected chi connectivity index (χ2v) is 5.33. The summed E-state index contributed by atoms with van der Waals surface area (Å²) < 4.78 is 5.85. The van der Waals surface area contributed by atoms with Crippen molar-refractivity contribution in [2.45, 2.75) is 0 Å². The van der Waals surface area contributed by atoms with Crippen molar-refractivity contribution in [2.24, 2.45) is 0 Å². The van der Waals surface area contributed by atoms with Crippen LogP contribution in [0.4, 0.5) is 0 Å². The van der Waals surface area contributed by atoms with Crippen LogP contribution in [0, 0.1) is 0 Å². The molecule has 0 unspecified atom stereocenters. The van der Waals surface area contributed by atoms with Gasteiger partial charge in [-0.2, -0.15) is 0 Å². The van der Waals surface area contributed by atoms with Crippen molar-refractivity contribution in [3.05, 3.63) is 78.9 Å². The van der Waals surface area contributed by atoms with Crippen LogP contribution in [0.15, 0.2) is 77.7 Å². The van der Waals surface area contributed by atoms with Gasteiger partial charge in [-0.15, -0.1) is 0 Å². The molecule has 120 valence electrons. The Hall–Kier alpha value is -3.27. The monoisotopic (exact) mass is 319 g/mol. The molecule has 0 saturated carbocycles. The first kappa shape index (κ1) is 15.6. The molecule has 0 amide bonds. The summed E-state index contributed by atoms with van der Waals surface area (Å²) in [5, 5.41) is 12.7. The van der Waals surface area contributed by atoms with Crippen molar-refractivity contribution < 1.29 is 14.3 Å². The third-order valence-corrected chi connectivity index (χ3v) is 3.64. The van der Waals surface area contributed by atoms with Gasteiger partial charge < -0.3 is 14.8 Å². The Morgan fingerprint density at radius 2 is 1.92 bits per heavy atom. The normalized spacial score (nSPS) is 11.0. The number of rotatable bonds is 6. The van der Waals surface area contributed by atoms with E-state index in [-0.39, 0.29) is 0 Å². The molecule has 0 aliphatic heterocycles. The first-order valence-electron chi connectivity index (χ1n) is 7.55. The zero-order chi connectivity index (χ0) is 16.9. The van der Waals surface area contributed by atoms with Gasteiger partial charge >= 0.3 is 5.97 Å². The zero-order valence-electron chi connectivity index (χ0n) is 13.0. The molecule has 3 rings (SSSR count). The van der Waals surface area contributed by atoms with Gasteiger partial charge in [-0.25, -0.2) is 4.79 Å². The maximum atomic E-state index is 10.4. The fourth-order valence-electron chi connectivity index (χ4n) is 2.40. The van der Waals surface area contributed by atoms with Gasteiger partial charge in [0, 0.05) is 29.3 Å². The van der Waals surface area contributed by atoms with E-state index < -0.39 is 5.97 Å². The number of nitrogens with one attached hydrogen (secondary N) is 1. The van der Waals surface area contributed by atoms with Crippen LogP contribution in [0.25, 0.3) is 28.0 Å². The minimum Gasteiger partial charge on any atom is -0.478 e. The van der Waals surface area contributed by atoms with Crippen LogP contribution in [0.1, 0.15) is 5.56 Å². The van der Waals surface area contributed by atoms with Crippen molar-refractivity contribution in [2.75, 3.05) is 6.54 Å². The second kappa shape index (κ2) is 6.87. The van der Waals surface area contributed by atoms with Crippen molar-refractivity contribution in [1.29, 1.82) is 0 Å². The lowest BCUT2D eigenvalue weighted by atomic mass is 10.1. The predicted molar refractivity (Wildman–Crippen MR) is 95.5 cm³/mol. The molecule has 0 atom stereocenters. The Labute approximate surface area is 139 Å². The maximum Gasteiger partial charge on any atom is 0.328 e. The molecule has 0 fully saturated rings. The van der Waals surface area contributed by atoms with Gasteiger partial charge in [-0.1, -0.05) is 55.1 Å². The quantitative estimate of drug-likeness (QED) is 0.665. The average molecular weight is 319 g/mol. The molecule has 0 aliphatic carbocycles. The smallest absolute Gasteiger partial charge is 0.328 e. The summed E-state index contributed by atoms with van der Waals surface area (Å²) in [5.41, 5.74) is 3.54. The number of fused-ring (bicyclic) bond motifs is 1. The predicted octanol–water partition coefficient (Wildman–Crippen LogP) is 4.30. The lowest BCUT2D eigenvalue weighted by Crippen LogP contribution is -2.11. The molecule has 4 nitrogen and oxygen atoms in total. The lowest BCUT2D eigenvalue weighted by Gasteiger charge is -2.08. The van der Waals surface area contributed by atoms with E-state index in [4.69, 9.17) is 9.52 Å². The Morgan fingerprint density at radius 1 is 1.17 bits per heavy atom. The topological polar surface area (TPSA) is 62.5 Å². The number of hydrogen-bond acceptors (Lipinski definition) is 3. The Bertz CT molecular complexity index is 871. The minimum atomic E-state index is -0.961. The average Bonchev–Trinajstić information content (AvgIpc) is 3.02. The van der Waals surface area contributed by atoms with Crippen molar-refractivity contribution in [3.63, 3.8) is 0 Å². The molecular formula is C20H17NO3. The number of carboxylic acids is 1. The Morgan fingerprint density at radius 3 is 2.62 bits per heavy atom. The molecular weight excluding hydrogens is 302 g/mol. The number of furan rings is 1. The summed E-state index contributed by atoms with van der Waals surface area (Å²) >= 11 is 0. The van der Waals surface area contributed by atoms with E-state index in [1.807, 2.05) is 54.6 Å². The van der Waals surface area contributed by atoms with E-state index in [0.29, 0.717) is 6.54 Å². The third-order valence-electron chi connectivity index (χ3n) is 3.64. The highest BCUT2D eigenvalue weighted by molar-refractivity contribution is 5.83. The van der Waals surface area contributed by atoms with Crippen molar-refractivity contribution in [1.82, 2.24) is 5.32 Å². The van der Waals surface area contributed by atoms with E-state index in [9.17, 15) is 4.79 Å². The summed E-state index contributed by atoms with van der Waals surface area (Å²) in [6.45, 7) is 4.38. The maximum absolute atomic E-state index is 10.4. The third kappa shape index (κ3) is 3.55. The standard InChI is InChI=1S/C20H17NO3/c1-14(21-12-4-7-20(22)23)15-8-10-16(11-9-15)19-13-17-5-2-3-6-18(17)24-19/h2-11,13,21H,1,12H2,(H,22,23)/b7-4+. The highest BCUT2D eigenvalue weighted by Gasteiger charge is 2.06. The van der Waals surface area contributed by atoms with Crippen molar-refractivity contribution >= 4 is 22.6 Å². The Kier molecular flexibility index (Phi) is 4.47. The SMILES string of the molecule is C=C(NC/C=C/C(=O)O)c1ccc(-c2cc3ccccc3o2)cc1. The lowest BCUT2D eigenvalue weighted by molar-refractivity contribution is -0.131. The first-order valence-corrected chi connectivity index (χ1v) is 7.55. The summed E-state index contributed by atoms with van der Waals surface area (Å²) in [6, 6.07) is 17.8.